The van der Waals surface area contributed by atoms with E-state index in [2.05, 4.69) is 16.8 Å². The van der Waals surface area contributed by atoms with Crippen LogP contribution in [0.15, 0.2) is 12.2 Å². The van der Waals surface area contributed by atoms with E-state index in [-0.39, 0.29) is 17.3 Å². The molecule has 1 amide bonds. The molecule has 1 saturated heterocycles. The van der Waals surface area contributed by atoms with Crippen molar-refractivity contribution in [3.05, 3.63) is 12.2 Å². The summed E-state index contributed by atoms with van der Waals surface area (Å²) < 4.78 is 4.89. The van der Waals surface area contributed by atoms with Crippen molar-refractivity contribution >= 4 is 11.9 Å². The van der Waals surface area contributed by atoms with Crippen LogP contribution in [0.4, 0.5) is 0 Å². The third kappa shape index (κ3) is 3.32. The largest absolute Gasteiger partial charge is 0.463 e. The Balaban J connectivity index is 2.50. The number of hydrogen-bond donors (Lipinski definition) is 1. The van der Waals surface area contributed by atoms with Crippen LogP contribution in [-0.4, -0.2) is 50.1 Å². The zero-order chi connectivity index (χ0) is 13.8. The van der Waals surface area contributed by atoms with Gasteiger partial charge in [-0.2, -0.15) is 0 Å². The predicted molar refractivity (Wildman–Crippen MR) is 69.0 cm³/mol. The molecule has 0 aromatic heterocycles. The number of carbonyl (C=O) groups is 2. The molecule has 5 nitrogen and oxygen atoms in total. The first kappa shape index (κ1) is 14.7. The lowest BCUT2D eigenvalue weighted by molar-refractivity contribution is -0.138. The standard InChI is InChI=1S/C13H22N2O3/c1-5-18-11(16)10(2)8-15-7-6-13(3,9-15)12(17)14-4/h2,5-9H2,1,3-4H3,(H,14,17). The van der Waals surface area contributed by atoms with Crippen LogP contribution in [0, 0.1) is 5.41 Å². The van der Waals surface area contributed by atoms with E-state index in [1.165, 1.54) is 0 Å². The van der Waals surface area contributed by atoms with Gasteiger partial charge in [0.05, 0.1) is 12.0 Å². The Bertz CT molecular complexity index is 354. The molecule has 0 aliphatic carbocycles. The Hall–Kier alpha value is -1.36. The molecular weight excluding hydrogens is 232 g/mol. The smallest absolute Gasteiger partial charge is 0.334 e. The summed E-state index contributed by atoms with van der Waals surface area (Å²) in [5.74, 6) is -0.308. The van der Waals surface area contributed by atoms with Gasteiger partial charge in [-0.3, -0.25) is 9.69 Å². The molecule has 0 radical (unpaired) electrons. The van der Waals surface area contributed by atoms with E-state index in [1.54, 1.807) is 14.0 Å². The maximum Gasteiger partial charge on any atom is 0.334 e. The average molecular weight is 254 g/mol. The highest BCUT2D eigenvalue weighted by molar-refractivity contribution is 5.88. The van der Waals surface area contributed by atoms with Crippen molar-refractivity contribution in [3.63, 3.8) is 0 Å². The van der Waals surface area contributed by atoms with E-state index in [1.807, 2.05) is 6.92 Å². The molecule has 0 spiro atoms. The molecule has 1 rings (SSSR count). The molecule has 1 atom stereocenters. The molecule has 0 aromatic carbocycles. The number of nitrogens with one attached hydrogen (secondary N) is 1. The zero-order valence-corrected chi connectivity index (χ0v) is 11.4. The molecule has 18 heavy (non-hydrogen) atoms. The maximum atomic E-state index is 11.8. The van der Waals surface area contributed by atoms with Crippen molar-refractivity contribution in [2.45, 2.75) is 20.3 Å². The highest BCUT2D eigenvalue weighted by Gasteiger charge is 2.39. The van der Waals surface area contributed by atoms with Crippen LogP contribution in [0.2, 0.25) is 0 Å². The summed E-state index contributed by atoms with van der Waals surface area (Å²) in [6.07, 6.45) is 0.794. The summed E-state index contributed by atoms with van der Waals surface area (Å²) in [7, 11) is 1.65. The zero-order valence-electron chi connectivity index (χ0n) is 11.4. The van der Waals surface area contributed by atoms with Gasteiger partial charge in [-0.15, -0.1) is 0 Å². The first-order chi connectivity index (χ1) is 8.42. The van der Waals surface area contributed by atoms with Crippen LogP contribution < -0.4 is 5.32 Å². The monoisotopic (exact) mass is 254 g/mol. The van der Waals surface area contributed by atoms with Crippen molar-refractivity contribution in [2.75, 3.05) is 33.3 Å². The molecule has 5 heteroatoms. The number of carbonyl (C=O) groups excluding carboxylic acids is 2. The van der Waals surface area contributed by atoms with Crippen LogP contribution >= 0.6 is 0 Å². The molecule has 0 saturated carbocycles. The second-order valence-corrected chi connectivity index (χ2v) is 4.92. The van der Waals surface area contributed by atoms with Crippen LogP contribution in [-0.2, 0) is 14.3 Å². The molecule has 1 aliphatic rings. The highest BCUT2D eigenvalue weighted by atomic mass is 16.5. The molecule has 102 valence electrons. The average Bonchev–Trinajstić information content (AvgIpc) is 2.71. The fourth-order valence-corrected chi connectivity index (χ4v) is 2.25. The lowest BCUT2D eigenvalue weighted by atomic mass is 9.89. The summed E-state index contributed by atoms with van der Waals surface area (Å²) in [4.78, 5) is 25.3. The minimum Gasteiger partial charge on any atom is -0.463 e. The van der Waals surface area contributed by atoms with Gasteiger partial charge in [0.15, 0.2) is 0 Å². The van der Waals surface area contributed by atoms with Crippen molar-refractivity contribution in [2.24, 2.45) is 5.41 Å². The van der Waals surface area contributed by atoms with Crippen LogP contribution in [0.1, 0.15) is 20.3 Å². The number of esters is 1. The molecule has 1 fully saturated rings. The lowest BCUT2D eigenvalue weighted by Crippen LogP contribution is -2.39. The van der Waals surface area contributed by atoms with Gasteiger partial charge in [0.1, 0.15) is 0 Å². The summed E-state index contributed by atoms with van der Waals surface area (Å²) in [6.45, 7) is 9.70. The lowest BCUT2D eigenvalue weighted by Gasteiger charge is -2.22. The second-order valence-electron chi connectivity index (χ2n) is 4.92. The van der Waals surface area contributed by atoms with E-state index in [9.17, 15) is 9.59 Å². The van der Waals surface area contributed by atoms with E-state index < -0.39 is 0 Å². The highest BCUT2D eigenvalue weighted by Crippen LogP contribution is 2.30. The van der Waals surface area contributed by atoms with Gasteiger partial charge < -0.3 is 10.1 Å². The molecule has 1 heterocycles. The summed E-state index contributed by atoms with van der Waals surface area (Å²) in [5.41, 5.74) is 0.0713. The Labute approximate surface area is 108 Å². The quantitative estimate of drug-likeness (QED) is 0.575. The maximum absolute atomic E-state index is 11.8. The van der Waals surface area contributed by atoms with Gasteiger partial charge in [0.25, 0.3) is 0 Å². The third-order valence-electron chi connectivity index (χ3n) is 3.31. The van der Waals surface area contributed by atoms with Crippen molar-refractivity contribution in [1.29, 1.82) is 0 Å². The van der Waals surface area contributed by atoms with Crippen LogP contribution in [0.5, 0.6) is 0 Å². The predicted octanol–water partition coefficient (Wildman–Crippen LogP) is 0.564. The minimum atomic E-state index is -0.371. The van der Waals surface area contributed by atoms with Crippen LogP contribution in [0.3, 0.4) is 0 Å². The summed E-state index contributed by atoms with van der Waals surface area (Å²) in [6, 6.07) is 0. The van der Waals surface area contributed by atoms with Gasteiger partial charge in [0.2, 0.25) is 5.91 Å². The fourth-order valence-electron chi connectivity index (χ4n) is 2.25. The Morgan fingerprint density at radius 3 is 2.72 bits per heavy atom. The van der Waals surface area contributed by atoms with Crippen molar-refractivity contribution < 1.29 is 14.3 Å². The normalized spacial score (nSPS) is 23.7. The van der Waals surface area contributed by atoms with Gasteiger partial charge in [-0.05, 0) is 26.8 Å². The third-order valence-corrected chi connectivity index (χ3v) is 3.31. The van der Waals surface area contributed by atoms with Gasteiger partial charge in [-0.25, -0.2) is 4.79 Å². The van der Waals surface area contributed by atoms with E-state index in [0.717, 1.165) is 13.0 Å². The summed E-state index contributed by atoms with van der Waals surface area (Å²) in [5, 5.41) is 2.68. The fraction of sp³-hybridized carbons (Fsp3) is 0.692. The molecule has 1 aliphatic heterocycles. The first-order valence-electron chi connectivity index (χ1n) is 6.22. The molecule has 1 unspecified atom stereocenters. The SMILES string of the molecule is C=C(CN1CCC(C)(C(=O)NC)C1)C(=O)OCC. The van der Waals surface area contributed by atoms with Gasteiger partial charge >= 0.3 is 5.97 Å². The Morgan fingerprint density at radius 2 is 2.17 bits per heavy atom. The molecule has 1 N–H and O–H groups in total. The van der Waals surface area contributed by atoms with E-state index in [4.69, 9.17) is 4.74 Å². The van der Waals surface area contributed by atoms with E-state index in [0.29, 0.717) is 25.3 Å². The number of likely N-dealkylation sites (tertiary alicyclic amines) is 1. The van der Waals surface area contributed by atoms with Gasteiger partial charge in [0, 0.05) is 25.7 Å². The number of amides is 1. The molecule has 0 bridgehead atoms. The minimum absolute atomic E-state index is 0.0479. The van der Waals surface area contributed by atoms with Gasteiger partial charge in [-0.1, -0.05) is 6.58 Å². The number of nitrogens with zero attached hydrogens (tertiary/aromatic N) is 1. The van der Waals surface area contributed by atoms with Crippen molar-refractivity contribution in [1.82, 2.24) is 10.2 Å². The Morgan fingerprint density at radius 1 is 1.50 bits per heavy atom. The van der Waals surface area contributed by atoms with E-state index >= 15 is 0 Å². The topological polar surface area (TPSA) is 58.6 Å². The van der Waals surface area contributed by atoms with Crippen LogP contribution in [0.25, 0.3) is 0 Å². The number of hydrogen-bond acceptors (Lipinski definition) is 4. The van der Waals surface area contributed by atoms with Crippen molar-refractivity contribution in [3.8, 4) is 0 Å². The molecule has 0 aromatic rings. The first-order valence-corrected chi connectivity index (χ1v) is 6.22. The summed E-state index contributed by atoms with van der Waals surface area (Å²) >= 11 is 0. The Kier molecular flexibility index (Phi) is 4.90. The number of rotatable bonds is 5. The molecular formula is C13H22N2O3. The number of ether oxygens (including phenoxy) is 1. The second kappa shape index (κ2) is 6.00.